The van der Waals surface area contributed by atoms with Gasteiger partial charge in [-0.1, -0.05) is 26.0 Å². The number of aromatic nitrogens is 4. The standard InChI is InChI=1S/C26H31N7O2/c1-4-33(5-2)14-15-35-20-12-10-18(11-13-20)24-23(19-16-28-29-17-19)25(32-26(27)31-24)30-21-8-6-7-9-22(21)34-3/h6-13,16-17H,4-5,14-15H2,1-3H3,(H,28,29)(H3,27,30,31,32). The first kappa shape index (κ1) is 24.0. The average Bonchev–Trinajstić information content (AvgIpc) is 3.41. The van der Waals surface area contributed by atoms with Crippen molar-refractivity contribution in [1.29, 1.82) is 0 Å². The molecule has 4 aromatic rings. The number of anilines is 3. The van der Waals surface area contributed by atoms with Gasteiger partial charge < -0.3 is 25.4 Å². The minimum Gasteiger partial charge on any atom is -0.495 e. The number of rotatable bonds is 11. The quantitative estimate of drug-likeness (QED) is 0.290. The van der Waals surface area contributed by atoms with Crippen molar-refractivity contribution in [1.82, 2.24) is 25.1 Å². The topological polar surface area (TPSA) is 114 Å². The second-order valence-electron chi connectivity index (χ2n) is 7.87. The smallest absolute Gasteiger partial charge is 0.222 e. The summed E-state index contributed by atoms with van der Waals surface area (Å²) in [7, 11) is 1.63. The fourth-order valence-corrected chi connectivity index (χ4v) is 3.86. The van der Waals surface area contributed by atoms with Gasteiger partial charge in [0.15, 0.2) is 0 Å². The number of hydrogen-bond donors (Lipinski definition) is 3. The van der Waals surface area contributed by atoms with E-state index in [4.69, 9.17) is 15.2 Å². The van der Waals surface area contributed by atoms with Crippen LogP contribution in [0.15, 0.2) is 60.9 Å². The van der Waals surface area contributed by atoms with Crippen LogP contribution in [0.25, 0.3) is 22.4 Å². The maximum absolute atomic E-state index is 6.15. The number of nitrogens with zero attached hydrogens (tertiary/aromatic N) is 4. The molecule has 0 amide bonds. The van der Waals surface area contributed by atoms with E-state index >= 15 is 0 Å². The van der Waals surface area contributed by atoms with Crippen LogP contribution in [-0.4, -0.2) is 58.4 Å². The van der Waals surface area contributed by atoms with E-state index in [-0.39, 0.29) is 5.95 Å². The van der Waals surface area contributed by atoms with Gasteiger partial charge in [-0.2, -0.15) is 10.1 Å². The van der Waals surface area contributed by atoms with Gasteiger partial charge in [-0.25, -0.2) is 4.98 Å². The largest absolute Gasteiger partial charge is 0.495 e. The van der Waals surface area contributed by atoms with Crippen molar-refractivity contribution in [2.45, 2.75) is 13.8 Å². The molecule has 2 aromatic carbocycles. The van der Waals surface area contributed by atoms with Gasteiger partial charge in [0, 0.05) is 23.9 Å². The third-order valence-electron chi connectivity index (χ3n) is 5.77. The number of nitrogen functional groups attached to an aromatic ring is 1. The molecule has 2 heterocycles. The number of para-hydroxylation sites is 2. The SMILES string of the molecule is CCN(CC)CCOc1ccc(-c2nc(N)nc(Nc3ccccc3OC)c2-c2cn[nH]c2)cc1. The molecule has 0 saturated carbocycles. The lowest BCUT2D eigenvalue weighted by Crippen LogP contribution is -2.27. The Labute approximate surface area is 205 Å². The molecular formula is C26H31N7O2. The molecule has 0 atom stereocenters. The van der Waals surface area contributed by atoms with Crippen molar-refractivity contribution in [3.05, 3.63) is 60.9 Å². The first-order chi connectivity index (χ1) is 17.1. The fourth-order valence-electron chi connectivity index (χ4n) is 3.86. The van der Waals surface area contributed by atoms with Crippen molar-refractivity contribution in [2.24, 2.45) is 0 Å². The van der Waals surface area contributed by atoms with E-state index in [0.29, 0.717) is 23.9 Å². The fraction of sp³-hybridized carbons (Fsp3) is 0.269. The van der Waals surface area contributed by atoms with E-state index < -0.39 is 0 Å². The van der Waals surface area contributed by atoms with Crippen LogP contribution in [0.5, 0.6) is 11.5 Å². The van der Waals surface area contributed by atoms with E-state index in [0.717, 1.165) is 47.8 Å². The maximum atomic E-state index is 6.15. The zero-order valence-electron chi connectivity index (χ0n) is 20.3. The first-order valence-electron chi connectivity index (χ1n) is 11.6. The number of methoxy groups -OCH3 is 1. The Kier molecular flexibility index (Phi) is 7.79. The van der Waals surface area contributed by atoms with Gasteiger partial charge >= 0.3 is 0 Å². The Morgan fingerprint density at radius 3 is 2.46 bits per heavy atom. The highest BCUT2D eigenvalue weighted by Gasteiger charge is 2.19. The maximum Gasteiger partial charge on any atom is 0.222 e. The van der Waals surface area contributed by atoms with Gasteiger partial charge in [-0.05, 0) is 49.5 Å². The summed E-state index contributed by atoms with van der Waals surface area (Å²) in [6, 6.07) is 15.5. The number of benzene rings is 2. The first-order valence-corrected chi connectivity index (χ1v) is 11.6. The minimum absolute atomic E-state index is 0.157. The number of ether oxygens (including phenoxy) is 2. The predicted octanol–water partition coefficient (Wildman–Crippen LogP) is 4.59. The summed E-state index contributed by atoms with van der Waals surface area (Å²) >= 11 is 0. The van der Waals surface area contributed by atoms with Gasteiger partial charge in [0.2, 0.25) is 5.95 Å². The lowest BCUT2D eigenvalue weighted by Gasteiger charge is -2.18. The van der Waals surface area contributed by atoms with Gasteiger partial charge in [-0.15, -0.1) is 0 Å². The average molecular weight is 474 g/mol. The van der Waals surface area contributed by atoms with E-state index in [9.17, 15) is 0 Å². The van der Waals surface area contributed by atoms with Crippen molar-refractivity contribution < 1.29 is 9.47 Å². The number of likely N-dealkylation sites (N-methyl/N-ethyl adjacent to an activating group) is 1. The third kappa shape index (κ3) is 5.70. The Morgan fingerprint density at radius 2 is 1.77 bits per heavy atom. The molecule has 35 heavy (non-hydrogen) atoms. The molecule has 9 nitrogen and oxygen atoms in total. The zero-order valence-corrected chi connectivity index (χ0v) is 20.3. The van der Waals surface area contributed by atoms with Crippen LogP contribution >= 0.6 is 0 Å². The molecule has 0 bridgehead atoms. The van der Waals surface area contributed by atoms with Crippen LogP contribution in [0.4, 0.5) is 17.5 Å². The Hall–Kier alpha value is -4.11. The summed E-state index contributed by atoms with van der Waals surface area (Å²) in [6.45, 7) is 7.85. The van der Waals surface area contributed by atoms with E-state index in [2.05, 4.69) is 44.2 Å². The molecule has 0 aliphatic rings. The summed E-state index contributed by atoms with van der Waals surface area (Å²) in [5.41, 5.74) is 10.1. The monoisotopic (exact) mass is 473 g/mol. The van der Waals surface area contributed by atoms with Gasteiger partial charge in [-0.3, -0.25) is 5.10 Å². The summed E-state index contributed by atoms with van der Waals surface area (Å²) in [6.07, 6.45) is 3.53. The van der Waals surface area contributed by atoms with Crippen LogP contribution in [0.2, 0.25) is 0 Å². The molecule has 0 aliphatic carbocycles. The minimum atomic E-state index is 0.157. The van der Waals surface area contributed by atoms with Crippen LogP contribution in [-0.2, 0) is 0 Å². The second-order valence-corrected chi connectivity index (χ2v) is 7.87. The molecule has 0 unspecified atom stereocenters. The lowest BCUT2D eigenvalue weighted by molar-refractivity contribution is 0.223. The number of H-pyrrole nitrogens is 1. The Bertz CT molecular complexity index is 1220. The van der Waals surface area contributed by atoms with E-state index in [1.807, 2.05) is 48.5 Å². The van der Waals surface area contributed by atoms with Crippen LogP contribution in [0.1, 0.15) is 13.8 Å². The second kappa shape index (κ2) is 11.3. The summed E-state index contributed by atoms with van der Waals surface area (Å²) in [4.78, 5) is 11.4. The third-order valence-corrected chi connectivity index (χ3v) is 5.77. The van der Waals surface area contributed by atoms with Crippen molar-refractivity contribution in [3.8, 4) is 33.9 Å². The van der Waals surface area contributed by atoms with E-state index in [1.54, 1.807) is 19.5 Å². The summed E-state index contributed by atoms with van der Waals surface area (Å²) < 4.78 is 11.4. The number of nitrogens with one attached hydrogen (secondary N) is 2. The van der Waals surface area contributed by atoms with Gasteiger partial charge in [0.05, 0.1) is 30.3 Å². The Balaban J connectivity index is 1.67. The summed E-state index contributed by atoms with van der Waals surface area (Å²) in [5, 5.41) is 10.4. The molecule has 0 fully saturated rings. The molecule has 0 aliphatic heterocycles. The highest BCUT2D eigenvalue weighted by Crippen LogP contribution is 2.38. The normalized spacial score (nSPS) is 11.0. The van der Waals surface area contributed by atoms with Crippen molar-refractivity contribution in [2.75, 3.05) is 44.4 Å². The summed E-state index contributed by atoms with van der Waals surface area (Å²) in [5.74, 6) is 2.21. The van der Waals surface area contributed by atoms with Gasteiger partial charge in [0.1, 0.15) is 23.9 Å². The highest BCUT2D eigenvalue weighted by molar-refractivity contribution is 5.90. The number of aromatic amines is 1. The molecule has 2 aromatic heterocycles. The predicted molar refractivity (Wildman–Crippen MR) is 139 cm³/mol. The molecule has 4 rings (SSSR count). The van der Waals surface area contributed by atoms with Crippen LogP contribution in [0.3, 0.4) is 0 Å². The zero-order chi connectivity index (χ0) is 24.6. The molecular weight excluding hydrogens is 442 g/mol. The number of hydrogen-bond acceptors (Lipinski definition) is 8. The molecule has 0 spiro atoms. The molecule has 182 valence electrons. The van der Waals surface area contributed by atoms with Gasteiger partial charge in [0.25, 0.3) is 0 Å². The molecule has 9 heteroatoms. The highest BCUT2D eigenvalue weighted by atomic mass is 16.5. The van der Waals surface area contributed by atoms with Crippen LogP contribution < -0.4 is 20.5 Å². The van der Waals surface area contributed by atoms with Crippen molar-refractivity contribution in [3.63, 3.8) is 0 Å². The molecule has 4 N–H and O–H groups in total. The molecule has 0 saturated heterocycles. The van der Waals surface area contributed by atoms with Crippen molar-refractivity contribution >= 4 is 17.5 Å². The Morgan fingerprint density at radius 1 is 1.00 bits per heavy atom. The lowest BCUT2D eigenvalue weighted by atomic mass is 10.0. The number of nitrogens with two attached hydrogens (primary N) is 1. The molecule has 0 radical (unpaired) electrons. The van der Waals surface area contributed by atoms with Crippen LogP contribution in [0, 0.1) is 0 Å². The van der Waals surface area contributed by atoms with E-state index in [1.165, 1.54) is 0 Å².